The molecule has 1 heterocycles. The van der Waals surface area contributed by atoms with E-state index in [1.165, 1.54) is 0 Å². The lowest BCUT2D eigenvalue weighted by Gasteiger charge is -2.10. The normalized spacial score (nSPS) is 10.8. The molecule has 0 bridgehead atoms. The number of aryl methyl sites for hydroxylation is 1. The van der Waals surface area contributed by atoms with E-state index >= 15 is 0 Å². The average Bonchev–Trinajstić information content (AvgIpc) is 2.72. The summed E-state index contributed by atoms with van der Waals surface area (Å²) in [6.45, 7) is 0.0733. The molecule has 17 heavy (non-hydrogen) atoms. The summed E-state index contributed by atoms with van der Waals surface area (Å²) in [5, 5.41) is 9.46. The number of aliphatic hydroxyl groups is 1. The maximum atomic E-state index is 8.92. The molecule has 0 saturated carbocycles. The molecule has 2 aromatic rings. The number of halogens is 1. The Morgan fingerprint density at radius 1 is 1.35 bits per heavy atom. The van der Waals surface area contributed by atoms with Gasteiger partial charge in [-0.05, 0) is 18.1 Å². The van der Waals surface area contributed by atoms with E-state index < -0.39 is 0 Å². The van der Waals surface area contributed by atoms with E-state index in [2.05, 4.69) is 0 Å². The molecule has 1 aromatic carbocycles. The summed E-state index contributed by atoms with van der Waals surface area (Å²) >= 11 is 6.19. The molecule has 0 spiro atoms. The van der Waals surface area contributed by atoms with Gasteiger partial charge in [-0.3, -0.25) is 0 Å². The van der Waals surface area contributed by atoms with Crippen LogP contribution in [-0.4, -0.2) is 16.3 Å². The first-order valence-corrected chi connectivity index (χ1v) is 5.81. The van der Waals surface area contributed by atoms with Gasteiger partial charge in [-0.2, -0.15) is 0 Å². The quantitative estimate of drug-likeness (QED) is 0.823. The average molecular weight is 251 g/mol. The van der Waals surface area contributed by atoms with Crippen LogP contribution in [-0.2, 0) is 13.5 Å². The number of anilines is 1. The van der Waals surface area contributed by atoms with Crippen LogP contribution >= 0.6 is 11.6 Å². The van der Waals surface area contributed by atoms with Gasteiger partial charge >= 0.3 is 0 Å². The fourth-order valence-electron chi connectivity index (χ4n) is 1.87. The third-order valence-electron chi connectivity index (χ3n) is 2.78. The second kappa shape index (κ2) is 4.82. The SMILES string of the molecule is Cn1ccc(-c2ccc(CCO)c(Cl)c2N)c1. The topological polar surface area (TPSA) is 51.2 Å². The van der Waals surface area contributed by atoms with Crippen molar-refractivity contribution in [1.29, 1.82) is 0 Å². The molecule has 0 aliphatic carbocycles. The van der Waals surface area contributed by atoms with Crippen LogP contribution in [0.1, 0.15) is 5.56 Å². The number of aliphatic hydroxyl groups excluding tert-OH is 1. The Morgan fingerprint density at radius 3 is 2.71 bits per heavy atom. The summed E-state index contributed by atoms with van der Waals surface area (Å²) < 4.78 is 1.96. The van der Waals surface area contributed by atoms with Crippen LogP contribution in [0, 0.1) is 0 Å². The van der Waals surface area contributed by atoms with Crippen LogP contribution in [0.15, 0.2) is 30.6 Å². The zero-order chi connectivity index (χ0) is 12.4. The van der Waals surface area contributed by atoms with Gasteiger partial charge in [-0.1, -0.05) is 23.7 Å². The smallest absolute Gasteiger partial charge is 0.0674 e. The molecular weight excluding hydrogens is 236 g/mol. The van der Waals surface area contributed by atoms with Crippen LogP contribution in [0.3, 0.4) is 0 Å². The number of rotatable bonds is 3. The van der Waals surface area contributed by atoms with Crippen molar-refractivity contribution in [3.63, 3.8) is 0 Å². The summed E-state index contributed by atoms with van der Waals surface area (Å²) in [4.78, 5) is 0. The third kappa shape index (κ3) is 2.30. The molecule has 0 fully saturated rings. The molecule has 3 N–H and O–H groups in total. The Labute approximate surface area is 105 Å². The molecule has 0 radical (unpaired) electrons. The van der Waals surface area contributed by atoms with Gasteiger partial charge in [0, 0.05) is 37.2 Å². The zero-order valence-electron chi connectivity index (χ0n) is 9.65. The summed E-state index contributed by atoms with van der Waals surface area (Å²) in [6.07, 6.45) is 4.48. The molecule has 3 nitrogen and oxygen atoms in total. The van der Waals surface area contributed by atoms with Gasteiger partial charge in [-0.15, -0.1) is 0 Å². The largest absolute Gasteiger partial charge is 0.397 e. The number of aromatic nitrogens is 1. The first-order valence-electron chi connectivity index (χ1n) is 5.43. The molecule has 4 heteroatoms. The molecule has 0 aliphatic heterocycles. The molecule has 0 saturated heterocycles. The second-order valence-electron chi connectivity index (χ2n) is 4.04. The minimum Gasteiger partial charge on any atom is -0.397 e. The Kier molecular flexibility index (Phi) is 3.41. The minimum atomic E-state index is 0.0733. The molecule has 90 valence electrons. The molecule has 2 rings (SSSR count). The van der Waals surface area contributed by atoms with Crippen molar-refractivity contribution in [3.05, 3.63) is 41.2 Å². The van der Waals surface area contributed by atoms with Gasteiger partial charge in [0.25, 0.3) is 0 Å². The predicted octanol–water partition coefficient (Wildman–Crippen LogP) is 2.46. The fraction of sp³-hybridized carbons (Fsp3) is 0.231. The lowest BCUT2D eigenvalue weighted by atomic mass is 10.0. The summed E-state index contributed by atoms with van der Waals surface area (Å²) in [5.74, 6) is 0. The van der Waals surface area contributed by atoms with Crippen LogP contribution < -0.4 is 5.73 Å². The molecule has 1 aromatic heterocycles. The maximum absolute atomic E-state index is 8.92. The van der Waals surface area contributed by atoms with E-state index in [0.717, 1.165) is 16.7 Å². The minimum absolute atomic E-state index is 0.0733. The Morgan fingerprint density at radius 2 is 2.12 bits per heavy atom. The highest BCUT2D eigenvalue weighted by molar-refractivity contribution is 6.34. The number of nitrogen functional groups attached to an aromatic ring is 1. The van der Waals surface area contributed by atoms with E-state index in [-0.39, 0.29) is 6.61 Å². The van der Waals surface area contributed by atoms with Crippen molar-refractivity contribution >= 4 is 17.3 Å². The van der Waals surface area contributed by atoms with Crippen molar-refractivity contribution in [3.8, 4) is 11.1 Å². The number of hydrogen-bond donors (Lipinski definition) is 2. The third-order valence-corrected chi connectivity index (χ3v) is 3.23. The number of nitrogens with zero attached hydrogens (tertiary/aromatic N) is 1. The number of hydrogen-bond acceptors (Lipinski definition) is 2. The van der Waals surface area contributed by atoms with Crippen molar-refractivity contribution < 1.29 is 5.11 Å². The highest BCUT2D eigenvalue weighted by Gasteiger charge is 2.10. The van der Waals surface area contributed by atoms with Crippen LogP contribution in [0.2, 0.25) is 5.02 Å². The predicted molar refractivity (Wildman–Crippen MR) is 71.1 cm³/mol. The van der Waals surface area contributed by atoms with Crippen LogP contribution in [0.25, 0.3) is 11.1 Å². The lowest BCUT2D eigenvalue weighted by Crippen LogP contribution is -1.97. The van der Waals surface area contributed by atoms with Crippen molar-refractivity contribution in [2.75, 3.05) is 12.3 Å². The lowest BCUT2D eigenvalue weighted by molar-refractivity contribution is 0.299. The molecule has 0 atom stereocenters. The molecule has 0 unspecified atom stereocenters. The van der Waals surface area contributed by atoms with E-state index in [1.807, 2.05) is 42.2 Å². The second-order valence-corrected chi connectivity index (χ2v) is 4.42. The van der Waals surface area contributed by atoms with Crippen LogP contribution in [0.4, 0.5) is 5.69 Å². The van der Waals surface area contributed by atoms with Gasteiger partial charge in [0.1, 0.15) is 0 Å². The van der Waals surface area contributed by atoms with E-state index in [4.69, 9.17) is 22.4 Å². The summed E-state index contributed by atoms with van der Waals surface area (Å²) in [5.41, 5.74) is 9.46. The van der Waals surface area contributed by atoms with Crippen molar-refractivity contribution in [2.45, 2.75) is 6.42 Å². The monoisotopic (exact) mass is 250 g/mol. The first-order chi connectivity index (χ1) is 8.13. The van der Waals surface area contributed by atoms with E-state index in [1.54, 1.807) is 0 Å². The van der Waals surface area contributed by atoms with Gasteiger partial charge in [0.05, 0.1) is 10.7 Å². The standard InChI is InChI=1S/C13H15ClN2O/c1-16-6-4-10(8-16)11-3-2-9(5-7-17)12(14)13(11)15/h2-4,6,8,17H,5,7,15H2,1H3. The zero-order valence-corrected chi connectivity index (χ0v) is 10.4. The van der Waals surface area contributed by atoms with E-state index in [0.29, 0.717) is 17.1 Å². The first kappa shape index (κ1) is 12.0. The Hall–Kier alpha value is -1.45. The fourth-order valence-corrected chi connectivity index (χ4v) is 2.13. The highest BCUT2D eigenvalue weighted by Crippen LogP contribution is 2.34. The number of nitrogens with two attached hydrogens (primary N) is 1. The highest BCUT2D eigenvalue weighted by atomic mass is 35.5. The Bertz CT molecular complexity index is 534. The van der Waals surface area contributed by atoms with Gasteiger partial charge < -0.3 is 15.4 Å². The summed E-state index contributed by atoms with van der Waals surface area (Å²) in [6, 6.07) is 5.85. The van der Waals surface area contributed by atoms with E-state index in [9.17, 15) is 0 Å². The summed E-state index contributed by atoms with van der Waals surface area (Å²) in [7, 11) is 1.96. The van der Waals surface area contributed by atoms with Gasteiger partial charge in [0.15, 0.2) is 0 Å². The van der Waals surface area contributed by atoms with Gasteiger partial charge in [0.2, 0.25) is 0 Å². The molecular formula is C13H15ClN2O. The Balaban J connectivity index is 2.47. The number of benzene rings is 1. The van der Waals surface area contributed by atoms with Crippen LogP contribution in [0.5, 0.6) is 0 Å². The molecule has 0 aliphatic rings. The van der Waals surface area contributed by atoms with Crippen molar-refractivity contribution in [1.82, 2.24) is 4.57 Å². The molecule has 0 amide bonds. The van der Waals surface area contributed by atoms with Crippen molar-refractivity contribution in [2.24, 2.45) is 7.05 Å². The maximum Gasteiger partial charge on any atom is 0.0674 e. The van der Waals surface area contributed by atoms with Gasteiger partial charge in [-0.25, -0.2) is 0 Å².